The third-order valence-corrected chi connectivity index (χ3v) is 1.55. The van der Waals surface area contributed by atoms with Crippen molar-refractivity contribution >= 4 is 0 Å². The molecule has 0 fully saturated rings. The van der Waals surface area contributed by atoms with Gasteiger partial charge in [0.2, 0.25) is 0 Å². The Balaban J connectivity index is 2.68. The van der Waals surface area contributed by atoms with E-state index in [-0.39, 0.29) is 6.04 Å². The molecule has 0 radical (unpaired) electrons. The fraction of sp³-hybridized carbons (Fsp3) is 0.250. The summed E-state index contributed by atoms with van der Waals surface area (Å²) in [6.07, 6.45) is 0. The van der Waals surface area contributed by atoms with E-state index in [0.717, 1.165) is 5.56 Å². The molecule has 58 valence electrons. The van der Waals surface area contributed by atoms with Crippen LogP contribution in [0.15, 0.2) is 35.6 Å². The second-order valence-corrected chi connectivity index (χ2v) is 2.35. The molecule has 1 aromatic rings. The minimum Gasteiger partial charge on any atom is -0.267 e. The van der Waals surface area contributed by atoms with Crippen LogP contribution >= 0.6 is 0 Å². The molecule has 0 amide bonds. The van der Waals surface area contributed by atoms with Gasteiger partial charge >= 0.3 is 0 Å². The minimum atomic E-state index is -0.00583. The van der Waals surface area contributed by atoms with Crippen molar-refractivity contribution in [1.82, 2.24) is 5.43 Å². The van der Waals surface area contributed by atoms with E-state index in [1.54, 1.807) is 0 Å². The summed E-state index contributed by atoms with van der Waals surface area (Å²) in [6, 6.07) is 9.68. The Hall–Kier alpha value is -1.38. The summed E-state index contributed by atoms with van der Waals surface area (Å²) in [4.78, 5) is 9.83. The van der Waals surface area contributed by atoms with Crippen molar-refractivity contribution in [3.63, 3.8) is 0 Å². The van der Waals surface area contributed by atoms with Crippen LogP contribution in [0.25, 0.3) is 0 Å². The summed E-state index contributed by atoms with van der Waals surface area (Å²) in [5, 5.41) is 2.61. The molecule has 0 saturated heterocycles. The van der Waals surface area contributed by atoms with Gasteiger partial charge in [0, 0.05) is 0 Å². The van der Waals surface area contributed by atoms with Crippen LogP contribution in [-0.2, 0) is 0 Å². The predicted molar refractivity (Wildman–Crippen MR) is 43.8 cm³/mol. The van der Waals surface area contributed by atoms with Gasteiger partial charge < -0.3 is 0 Å². The summed E-state index contributed by atoms with van der Waals surface area (Å²) < 4.78 is 0. The van der Waals surface area contributed by atoms with Crippen LogP contribution in [0.3, 0.4) is 0 Å². The quantitative estimate of drug-likeness (QED) is 0.529. The number of rotatable bonds is 3. The smallest absolute Gasteiger partial charge is 0.0693 e. The van der Waals surface area contributed by atoms with Crippen LogP contribution in [0.1, 0.15) is 18.5 Å². The van der Waals surface area contributed by atoms with Gasteiger partial charge in [0.25, 0.3) is 0 Å². The fourth-order valence-corrected chi connectivity index (χ4v) is 0.895. The first kappa shape index (κ1) is 7.72. The second-order valence-electron chi connectivity index (χ2n) is 2.35. The lowest BCUT2D eigenvalue weighted by atomic mass is 10.1. The molecule has 1 rings (SSSR count). The van der Waals surface area contributed by atoms with Crippen LogP contribution in [0, 0.1) is 4.91 Å². The zero-order valence-electron chi connectivity index (χ0n) is 6.32. The summed E-state index contributed by atoms with van der Waals surface area (Å²) in [6.45, 7) is 1.89. The molecule has 11 heavy (non-hydrogen) atoms. The molecule has 1 aromatic carbocycles. The standard InChI is InChI=1S/C8H10N2O/c1-7(9-10-11)8-5-3-2-4-6-8/h2-7H,1H3,(H,9,11)/t7-/m1/s1. The van der Waals surface area contributed by atoms with Crippen molar-refractivity contribution in [3.05, 3.63) is 40.8 Å². The van der Waals surface area contributed by atoms with Crippen LogP contribution in [0.5, 0.6) is 0 Å². The second kappa shape index (κ2) is 3.71. The Morgan fingerprint density at radius 3 is 2.55 bits per heavy atom. The van der Waals surface area contributed by atoms with Crippen molar-refractivity contribution in [2.75, 3.05) is 0 Å². The largest absolute Gasteiger partial charge is 0.267 e. The molecule has 0 aliphatic rings. The maximum Gasteiger partial charge on any atom is 0.0693 e. The van der Waals surface area contributed by atoms with Gasteiger partial charge in [-0.15, -0.1) is 4.91 Å². The molecular formula is C8H10N2O. The van der Waals surface area contributed by atoms with E-state index < -0.39 is 0 Å². The summed E-state index contributed by atoms with van der Waals surface area (Å²) in [5.74, 6) is 0. The minimum absolute atomic E-state index is 0.00583. The topological polar surface area (TPSA) is 41.5 Å². The molecule has 1 atom stereocenters. The Bertz CT molecular complexity index is 223. The first-order valence-corrected chi connectivity index (χ1v) is 3.47. The third kappa shape index (κ3) is 2.04. The van der Waals surface area contributed by atoms with Gasteiger partial charge in [0.15, 0.2) is 0 Å². The van der Waals surface area contributed by atoms with Crippen molar-refractivity contribution in [2.24, 2.45) is 5.29 Å². The number of nitrogens with zero attached hydrogens (tertiary/aromatic N) is 1. The Morgan fingerprint density at radius 1 is 1.36 bits per heavy atom. The molecule has 0 aliphatic carbocycles. The first-order chi connectivity index (χ1) is 5.34. The van der Waals surface area contributed by atoms with E-state index in [0.29, 0.717) is 0 Å². The fourth-order valence-electron chi connectivity index (χ4n) is 0.895. The molecule has 0 saturated carbocycles. The lowest BCUT2D eigenvalue weighted by Gasteiger charge is -2.07. The van der Waals surface area contributed by atoms with Gasteiger partial charge in [-0.05, 0) is 12.5 Å². The zero-order valence-corrected chi connectivity index (χ0v) is 6.32. The highest BCUT2D eigenvalue weighted by Crippen LogP contribution is 2.10. The van der Waals surface area contributed by atoms with Crippen LogP contribution in [-0.4, -0.2) is 0 Å². The predicted octanol–water partition coefficient (Wildman–Crippen LogP) is 2.02. The third-order valence-electron chi connectivity index (χ3n) is 1.55. The Kier molecular flexibility index (Phi) is 2.60. The van der Waals surface area contributed by atoms with E-state index in [1.165, 1.54) is 0 Å². The SMILES string of the molecule is C[C@@H](NN=O)c1ccccc1. The maximum absolute atomic E-state index is 9.83. The normalized spacial score (nSPS) is 12.1. The molecule has 0 aliphatic heterocycles. The summed E-state index contributed by atoms with van der Waals surface area (Å²) in [5.41, 5.74) is 3.49. The number of nitroso groups, excluding NO2 is 1. The lowest BCUT2D eigenvalue weighted by Crippen LogP contribution is -2.10. The van der Waals surface area contributed by atoms with Gasteiger partial charge in [-0.2, -0.15) is 0 Å². The van der Waals surface area contributed by atoms with E-state index in [1.807, 2.05) is 37.3 Å². The molecule has 0 heterocycles. The molecular weight excluding hydrogens is 140 g/mol. The number of hydrogen-bond acceptors (Lipinski definition) is 2. The van der Waals surface area contributed by atoms with Gasteiger partial charge in [0.1, 0.15) is 0 Å². The summed E-state index contributed by atoms with van der Waals surface area (Å²) in [7, 11) is 0. The first-order valence-electron chi connectivity index (χ1n) is 3.47. The Labute approximate surface area is 65.4 Å². The van der Waals surface area contributed by atoms with Crippen molar-refractivity contribution in [1.29, 1.82) is 0 Å². The van der Waals surface area contributed by atoms with Crippen LogP contribution in [0.4, 0.5) is 0 Å². The highest BCUT2D eigenvalue weighted by atomic mass is 16.3. The molecule has 0 bridgehead atoms. The highest BCUT2D eigenvalue weighted by Gasteiger charge is 2.00. The molecule has 3 heteroatoms. The van der Waals surface area contributed by atoms with Gasteiger partial charge in [-0.25, -0.2) is 0 Å². The van der Waals surface area contributed by atoms with E-state index >= 15 is 0 Å². The monoisotopic (exact) mass is 150 g/mol. The van der Waals surface area contributed by atoms with Crippen LogP contribution in [0.2, 0.25) is 0 Å². The van der Waals surface area contributed by atoms with Crippen LogP contribution < -0.4 is 5.43 Å². The molecule has 0 aromatic heterocycles. The van der Waals surface area contributed by atoms with E-state index in [9.17, 15) is 4.91 Å². The van der Waals surface area contributed by atoms with Gasteiger partial charge in [-0.1, -0.05) is 30.3 Å². The molecule has 0 spiro atoms. The highest BCUT2D eigenvalue weighted by molar-refractivity contribution is 5.17. The van der Waals surface area contributed by atoms with E-state index in [2.05, 4.69) is 10.7 Å². The van der Waals surface area contributed by atoms with Gasteiger partial charge in [0.05, 0.1) is 11.3 Å². The summed E-state index contributed by atoms with van der Waals surface area (Å²) >= 11 is 0. The number of benzene rings is 1. The van der Waals surface area contributed by atoms with Crippen molar-refractivity contribution in [3.8, 4) is 0 Å². The van der Waals surface area contributed by atoms with Crippen molar-refractivity contribution in [2.45, 2.75) is 13.0 Å². The Morgan fingerprint density at radius 2 is 2.00 bits per heavy atom. The maximum atomic E-state index is 9.83. The number of nitrogens with one attached hydrogen (secondary N) is 1. The number of hydrogen-bond donors (Lipinski definition) is 1. The molecule has 1 N–H and O–H groups in total. The van der Waals surface area contributed by atoms with Gasteiger partial charge in [-0.3, -0.25) is 5.43 Å². The average molecular weight is 150 g/mol. The average Bonchev–Trinajstić information content (AvgIpc) is 2.07. The zero-order chi connectivity index (χ0) is 8.10. The van der Waals surface area contributed by atoms with E-state index in [4.69, 9.17) is 0 Å². The molecule has 0 unspecified atom stereocenters. The van der Waals surface area contributed by atoms with Crippen molar-refractivity contribution < 1.29 is 0 Å². The molecule has 3 nitrogen and oxygen atoms in total. The lowest BCUT2D eigenvalue weighted by molar-refractivity contribution is 0.600.